The summed E-state index contributed by atoms with van der Waals surface area (Å²) in [5, 5.41) is 0. The van der Waals surface area contributed by atoms with E-state index in [0.29, 0.717) is 12.5 Å². The van der Waals surface area contributed by atoms with E-state index in [9.17, 15) is 0 Å². The van der Waals surface area contributed by atoms with Crippen LogP contribution in [0.2, 0.25) is 5.82 Å². The van der Waals surface area contributed by atoms with Crippen LogP contribution >= 0.6 is 11.8 Å². The summed E-state index contributed by atoms with van der Waals surface area (Å²) in [4.78, 5) is 2.68. The summed E-state index contributed by atoms with van der Waals surface area (Å²) in [6.07, 6.45) is 0. The monoisotopic (exact) mass is 253 g/mol. The molecule has 1 aliphatic heterocycles. The Hall–Kier alpha value is -1.35. The third kappa shape index (κ3) is 1.74. The molecule has 0 bridgehead atoms. The molecule has 0 aromatic heterocycles. The third-order valence-electron chi connectivity index (χ3n) is 3.55. The summed E-state index contributed by atoms with van der Waals surface area (Å²) in [7, 11) is 0. The minimum atomic E-state index is 0.415. The summed E-state index contributed by atoms with van der Waals surface area (Å²) in [5.41, 5.74) is 9.87. The van der Waals surface area contributed by atoms with Crippen LogP contribution in [0.4, 0.5) is 5.69 Å². The summed E-state index contributed by atoms with van der Waals surface area (Å²) >= 11 is 1.84. The largest absolute Gasteiger partial charge is 0.399 e. The zero-order chi connectivity index (χ0) is 12.7. The second-order valence-electron chi connectivity index (χ2n) is 5.12. The molecular weight excluding hydrogens is 237 g/mol. The van der Waals surface area contributed by atoms with E-state index in [0.717, 1.165) is 5.69 Å². The number of hydrogen-bond acceptors (Lipinski definition) is 2. The van der Waals surface area contributed by atoms with Crippen molar-refractivity contribution in [2.75, 3.05) is 5.73 Å². The van der Waals surface area contributed by atoms with E-state index < -0.39 is 0 Å². The zero-order valence-electron chi connectivity index (χ0n) is 10.7. The number of benzene rings is 2. The van der Waals surface area contributed by atoms with Gasteiger partial charge in [-0.15, -0.1) is 0 Å². The molecule has 1 aliphatic rings. The smallest absolute Gasteiger partial charge is 0.217 e. The van der Waals surface area contributed by atoms with Crippen molar-refractivity contribution in [3.8, 4) is 0 Å². The van der Waals surface area contributed by atoms with Crippen LogP contribution in [0.15, 0.2) is 52.3 Å². The first kappa shape index (κ1) is 11.7. The normalized spacial score (nSPS) is 13.4. The van der Waals surface area contributed by atoms with Crippen LogP contribution in [-0.2, 0) is 0 Å². The molecule has 18 heavy (non-hydrogen) atoms. The number of nitrogen functional groups attached to an aromatic ring is 1. The first-order chi connectivity index (χ1) is 8.68. The van der Waals surface area contributed by atoms with Crippen molar-refractivity contribution in [2.45, 2.75) is 29.5 Å². The molecule has 0 radical (unpaired) electrons. The quantitative estimate of drug-likeness (QED) is 0.624. The van der Waals surface area contributed by atoms with E-state index in [2.05, 4.69) is 44.2 Å². The van der Waals surface area contributed by atoms with E-state index >= 15 is 0 Å². The standard InChI is InChI=1S/C15H16BNS/c1-10(2)16-11-6-3-4-8-13(11)18-14-9-5-7-12(17)15(14)16/h3-10H,17H2,1-2H3. The number of nitrogens with two attached hydrogens (primary N) is 1. The van der Waals surface area contributed by atoms with Crippen LogP contribution in [-0.4, -0.2) is 6.71 Å². The Balaban J connectivity index is 2.25. The fourth-order valence-electron chi connectivity index (χ4n) is 2.78. The second kappa shape index (κ2) is 4.40. The molecule has 0 amide bonds. The van der Waals surface area contributed by atoms with Gasteiger partial charge in [-0.3, -0.25) is 0 Å². The molecule has 3 heteroatoms. The summed E-state index contributed by atoms with van der Waals surface area (Å²) < 4.78 is 0. The highest BCUT2D eigenvalue weighted by atomic mass is 32.2. The van der Waals surface area contributed by atoms with Gasteiger partial charge < -0.3 is 5.73 Å². The van der Waals surface area contributed by atoms with Crippen molar-refractivity contribution in [1.29, 1.82) is 0 Å². The Kier molecular flexibility index (Phi) is 2.86. The molecule has 3 rings (SSSR count). The molecule has 2 N–H and O–H groups in total. The van der Waals surface area contributed by atoms with Gasteiger partial charge in [-0.05, 0) is 23.7 Å². The molecule has 90 valence electrons. The predicted molar refractivity (Wildman–Crippen MR) is 81.5 cm³/mol. The van der Waals surface area contributed by atoms with Gasteiger partial charge in [0, 0.05) is 15.5 Å². The lowest BCUT2D eigenvalue weighted by atomic mass is 9.34. The van der Waals surface area contributed by atoms with Crippen molar-refractivity contribution in [1.82, 2.24) is 0 Å². The van der Waals surface area contributed by atoms with Gasteiger partial charge >= 0.3 is 0 Å². The zero-order valence-corrected chi connectivity index (χ0v) is 11.5. The molecule has 0 unspecified atom stereocenters. The lowest BCUT2D eigenvalue weighted by Crippen LogP contribution is -2.49. The van der Waals surface area contributed by atoms with E-state index in [1.54, 1.807) is 0 Å². The molecule has 1 heterocycles. The highest BCUT2D eigenvalue weighted by molar-refractivity contribution is 8.00. The fraction of sp³-hybridized carbons (Fsp3) is 0.200. The second-order valence-corrected chi connectivity index (χ2v) is 6.20. The average molecular weight is 253 g/mol. The minimum Gasteiger partial charge on any atom is -0.399 e. The number of hydrogen-bond donors (Lipinski definition) is 1. The van der Waals surface area contributed by atoms with Crippen molar-refractivity contribution in [3.05, 3.63) is 42.5 Å². The van der Waals surface area contributed by atoms with Crippen molar-refractivity contribution in [2.24, 2.45) is 0 Å². The molecule has 0 spiro atoms. The molecule has 2 aromatic carbocycles. The highest BCUT2D eigenvalue weighted by Crippen LogP contribution is 2.33. The van der Waals surface area contributed by atoms with Gasteiger partial charge in [0.2, 0.25) is 6.71 Å². The predicted octanol–water partition coefficient (Wildman–Crippen LogP) is 2.75. The van der Waals surface area contributed by atoms with Gasteiger partial charge in [-0.2, -0.15) is 0 Å². The van der Waals surface area contributed by atoms with Gasteiger partial charge in [0.1, 0.15) is 0 Å². The lowest BCUT2D eigenvalue weighted by Gasteiger charge is -2.29. The Morgan fingerprint density at radius 2 is 1.72 bits per heavy atom. The Morgan fingerprint density at radius 3 is 2.50 bits per heavy atom. The maximum Gasteiger partial charge on any atom is 0.217 e. The van der Waals surface area contributed by atoms with Crippen LogP contribution in [0.5, 0.6) is 0 Å². The van der Waals surface area contributed by atoms with E-state index in [-0.39, 0.29) is 0 Å². The fourth-order valence-corrected chi connectivity index (χ4v) is 3.98. The van der Waals surface area contributed by atoms with Gasteiger partial charge in [-0.1, -0.05) is 61.2 Å². The van der Waals surface area contributed by atoms with Gasteiger partial charge in [0.15, 0.2) is 0 Å². The molecular formula is C15H16BNS. The average Bonchev–Trinajstić information content (AvgIpc) is 2.36. The van der Waals surface area contributed by atoms with Crippen molar-refractivity contribution in [3.63, 3.8) is 0 Å². The Morgan fingerprint density at radius 1 is 1.00 bits per heavy atom. The summed E-state index contributed by atoms with van der Waals surface area (Å²) in [6, 6.07) is 14.9. The van der Waals surface area contributed by atoms with Crippen molar-refractivity contribution >= 4 is 35.1 Å². The summed E-state index contributed by atoms with van der Waals surface area (Å²) in [5.74, 6) is 0.551. The SMILES string of the molecule is CC(C)B1c2ccccc2Sc2cccc(N)c21. The summed E-state index contributed by atoms with van der Waals surface area (Å²) in [6.45, 7) is 4.96. The topological polar surface area (TPSA) is 26.0 Å². The first-order valence-corrected chi connectivity index (χ1v) is 7.15. The number of fused-ring (bicyclic) bond motifs is 2. The van der Waals surface area contributed by atoms with Crippen LogP contribution < -0.4 is 16.7 Å². The highest BCUT2D eigenvalue weighted by Gasteiger charge is 2.32. The molecule has 2 aromatic rings. The molecule has 0 fully saturated rings. The molecule has 1 nitrogen and oxygen atoms in total. The van der Waals surface area contributed by atoms with Gasteiger partial charge in [0.05, 0.1) is 0 Å². The molecule has 0 saturated carbocycles. The molecule has 0 aliphatic carbocycles. The van der Waals surface area contributed by atoms with E-state index in [4.69, 9.17) is 5.73 Å². The third-order valence-corrected chi connectivity index (χ3v) is 4.72. The van der Waals surface area contributed by atoms with Crippen LogP contribution in [0, 0.1) is 0 Å². The Labute approximate surface area is 113 Å². The van der Waals surface area contributed by atoms with Crippen LogP contribution in [0.3, 0.4) is 0 Å². The van der Waals surface area contributed by atoms with Crippen molar-refractivity contribution < 1.29 is 0 Å². The van der Waals surface area contributed by atoms with Crippen LogP contribution in [0.25, 0.3) is 0 Å². The maximum absolute atomic E-state index is 6.21. The number of anilines is 1. The van der Waals surface area contributed by atoms with E-state index in [1.165, 1.54) is 20.7 Å². The molecule has 0 saturated heterocycles. The van der Waals surface area contributed by atoms with Crippen LogP contribution in [0.1, 0.15) is 13.8 Å². The molecule has 0 atom stereocenters. The Bertz CT molecular complexity index is 595. The minimum absolute atomic E-state index is 0.415. The lowest BCUT2D eigenvalue weighted by molar-refractivity contribution is 1.05. The maximum atomic E-state index is 6.21. The van der Waals surface area contributed by atoms with Gasteiger partial charge in [0.25, 0.3) is 0 Å². The van der Waals surface area contributed by atoms with E-state index in [1.807, 2.05) is 23.9 Å². The number of rotatable bonds is 1. The first-order valence-electron chi connectivity index (χ1n) is 6.33. The van der Waals surface area contributed by atoms with Gasteiger partial charge in [-0.25, -0.2) is 0 Å².